The fraction of sp³-hybridized carbons (Fsp3) is 0.480. The lowest BCUT2D eigenvalue weighted by atomic mass is 9.85. The Hall–Kier alpha value is -2.89. The van der Waals surface area contributed by atoms with Gasteiger partial charge >= 0.3 is 0 Å². The minimum absolute atomic E-state index is 0.0952. The van der Waals surface area contributed by atoms with Gasteiger partial charge in [-0.25, -0.2) is 0 Å². The van der Waals surface area contributed by atoms with Gasteiger partial charge in [-0.3, -0.25) is 4.79 Å². The maximum absolute atomic E-state index is 12.5. The zero-order valence-corrected chi connectivity index (χ0v) is 18.4. The van der Waals surface area contributed by atoms with Gasteiger partial charge in [-0.1, -0.05) is 6.07 Å². The first-order valence-corrected chi connectivity index (χ1v) is 11.2. The number of hydrogen-bond donors (Lipinski definition) is 2. The molecule has 6 nitrogen and oxygen atoms in total. The fourth-order valence-corrected chi connectivity index (χ4v) is 4.51. The second-order valence-corrected chi connectivity index (χ2v) is 8.42. The Bertz CT molecular complexity index is 878. The van der Waals surface area contributed by atoms with Crippen LogP contribution in [0.3, 0.4) is 0 Å². The predicted octanol–water partition coefficient (Wildman–Crippen LogP) is 4.36. The van der Waals surface area contributed by atoms with Crippen LogP contribution in [0.4, 0.5) is 5.69 Å². The summed E-state index contributed by atoms with van der Waals surface area (Å²) < 4.78 is 17.0. The van der Waals surface area contributed by atoms with E-state index in [1.165, 1.54) is 18.4 Å². The highest BCUT2D eigenvalue weighted by atomic mass is 16.5. The molecule has 1 heterocycles. The number of ether oxygens (including phenoxy) is 3. The normalized spacial score (nSPS) is 21.4. The molecule has 2 aromatic rings. The van der Waals surface area contributed by atoms with Crippen molar-refractivity contribution in [1.82, 2.24) is 5.32 Å². The monoisotopic (exact) mass is 424 g/mol. The van der Waals surface area contributed by atoms with Crippen molar-refractivity contribution in [1.29, 1.82) is 0 Å². The summed E-state index contributed by atoms with van der Waals surface area (Å²) >= 11 is 0. The van der Waals surface area contributed by atoms with Crippen LogP contribution in [-0.4, -0.2) is 39.3 Å². The molecule has 1 saturated carbocycles. The average Bonchev–Trinajstić information content (AvgIpc) is 3.32. The summed E-state index contributed by atoms with van der Waals surface area (Å²) in [6.07, 6.45) is 5.73. The Morgan fingerprint density at radius 2 is 1.77 bits per heavy atom. The molecule has 0 bridgehead atoms. The molecular formula is C25H32N2O4. The molecule has 2 atom stereocenters. The molecule has 6 heteroatoms. The molecule has 0 radical (unpaired) electrons. The summed E-state index contributed by atoms with van der Waals surface area (Å²) in [5, 5.41) is 6.47. The third kappa shape index (κ3) is 5.24. The Balaban J connectivity index is 1.42. The maximum Gasteiger partial charge on any atom is 0.224 e. The molecule has 1 amide bonds. The van der Waals surface area contributed by atoms with Gasteiger partial charge < -0.3 is 24.8 Å². The van der Waals surface area contributed by atoms with Crippen LogP contribution in [0.15, 0.2) is 42.5 Å². The molecule has 0 aromatic heterocycles. The van der Waals surface area contributed by atoms with Crippen molar-refractivity contribution in [2.45, 2.75) is 44.1 Å². The number of benzene rings is 2. The highest BCUT2D eigenvalue weighted by Gasteiger charge is 2.30. The Morgan fingerprint density at radius 3 is 2.48 bits per heavy atom. The standard InChI is InChI=1S/C25H32N2O4/c1-29-21-10-8-20(9-11-21)26-16-19-13-18(15-27-25(19)28)17-7-12-23(30-2)24(14-17)31-22-5-3-4-6-22/h7-12,14,18-19,22,26H,3-6,13,15-16H2,1-2H3,(H,27,28)/t18-,19+/m1/s1. The molecule has 2 fully saturated rings. The van der Waals surface area contributed by atoms with Crippen molar-refractivity contribution < 1.29 is 19.0 Å². The number of piperidine rings is 1. The molecule has 0 spiro atoms. The van der Waals surface area contributed by atoms with E-state index in [9.17, 15) is 4.79 Å². The molecule has 2 aliphatic rings. The van der Waals surface area contributed by atoms with Gasteiger partial charge in [0, 0.05) is 24.7 Å². The van der Waals surface area contributed by atoms with Gasteiger partial charge in [0.25, 0.3) is 0 Å². The minimum Gasteiger partial charge on any atom is -0.497 e. The first kappa shape index (κ1) is 21.3. The molecule has 2 N–H and O–H groups in total. The number of amides is 1. The van der Waals surface area contributed by atoms with Crippen LogP contribution in [0.25, 0.3) is 0 Å². The summed E-state index contributed by atoms with van der Waals surface area (Å²) in [5.41, 5.74) is 2.16. The molecule has 1 saturated heterocycles. The molecule has 31 heavy (non-hydrogen) atoms. The van der Waals surface area contributed by atoms with E-state index in [1.807, 2.05) is 30.3 Å². The SMILES string of the molecule is COc1ccc(NC[C@@H]2C[C@@H](c3ccc(OC)c(OC4CCCC4)c3)CNC2=O)cc1. The number of carbonyl (C=O) groups excluding carboxylic acids is 1. The molecule has 166 valence electrons. The van der Waals surface area contributed by atoms with Crippen molar-refractivity contribution in [2.75, 3.05) is 32.6 Å². The van der Waals surface area contributed by atoms with E-state index in [1.54, 1.807) is 14.2 Å². The maximum atomic E-state index is 12.5. The average molecular weight is 425 g/mol. The molecular weight excluding hydrogens is 392 g/mol. The Labute approximate surface area is 184 Å². The molecule has 1 aliphatic carbocycles. The fourth-order valence-electron chi connectivity index (χ4n) is 4.51. The lowest BCUT2D eigenvalue weighted by molar-refractivity contribution is -0.126. The van der Waals surface area contributed by atoms with Crippen LogP contribution in [-0.2, 0) is 4.79 Å². The second kappa shape index (κ2) is 9.94. The smallest absolute Gasteiger partial charge is 0.224 e. The quantitative estimate of drug-likeness (QED) is 0.659. The topological polar surface area (TPSA) is 68.8 Å². The third-order valence-electron chi connectivity index (χ3n) is 6.36. The van der Waals surface area contributed by atoms with Crippen LogP contribution >= 0.6 is 0 Å². The first-order valence-electron chi connectivity index (χ1n) is 11.2. The van der Waals surface area contributed by atoms with Crippen molar-refractivity contribution in [3.05, 3.63) is 48.0 Å². The number of methoxy groups -OCH3 is 2. The number of nitrogens with one attached hydrogen (secondary N) is 2. The van der Waals surface area contributed by atoms with Gasteiger partial charge in [-0.05, 0) is 74.1 Å². The summed E-state index contributed by atoms with van der Waals surface area (Å²) in [4.78, 5) is 12.5. The summed E-state index contributed by atoms with van der Waals surface area (Å²) in [5.74, 6) is 2.66. The van der Waals surface area contributed by atoms with E-state index in [0.29, 0.717) is 13.1 Å². The lowest BCUT2D eigenvalue weighted by Gasteiger charge is -2.30. The van der Waals surface area contributed by atoms with Crippen molar-refractivity contribution >= 4 is 11.6 Å². The zero-order valence-electron chi connectivity index (χ0n) is 18.4. The molecule has 2 aromatic carbocycles. The van der Waals surface area contributed by atoms with E-state index < -0.39 is 0 Å². The van der Waals surface area contributed by atoms with E-state index >= 15 is 0 Å². The van der Waals surface area contributed by atoms with Gasteiger partial charge in [0.15, 0.2) is 11.5 Å². The third-order valence-corrected chi connectivity index (χ3v) is 6.36. The number of anilines is 1. The molecule has 4 rings (SSSR count). The number of rotatable bonds is 8. The van der Waals surface area contributed by atoms with Crippen molar-refractivity contribution in [2.24, 2.45) is 5.92 Å². The van der Waals surface area contributed by atoms with E-state index in [-0.39, 0.29) is 23.8 Å². The minimum atomic E-state index is -0.0952. The Morgan fingerprint density at radius 1 is 1.00 bits per heavy atom. The largest absolute Gasteiger partial charge is 0.497 e. The van der Waals surface area contributed by atoms with Gasteiger partial charge in [0.2, 0.25) is 5.91 Å². The highest BCUT2D eigenvalue weighted by molar-refractivity contribution is 5.80. The number of carbonyl (C=O) groups is 1. The first-order chi connectivity index (χ1) is 15.2. The molecule has 1 aliphatic heterocycles. The van der Waals surface area contributed by atoms with Crippen LogP contribution in [0, 0.1) is 5.92 Å². The van der Waals surface area contributed by atoms with E-state index in [2.05, 4.69) is 22.8 Å². The van der Waals surface area contributed by atoms with Gasteiger partial charge in [0.05, 0.1) is 26.2 Å². The van der Waals surface area contributed by atoms with Crippen LogP contribution in [0.1, 0.15) is 43.6 Å². The van der Waals surface area contributed by atoms with Crippen LogP contribution in [0.2, 0.25) is 0 Å². The van der Waals surface area contributed by atoms with Crippen LogP contribution in [0.5, 0.6) is 17.2 Å². The van der Waals surface area contributed by atoms with Gasteiger partial charge in [0.1, 0.15) is 5.75 Å². The number of hydrogen-bond acceptors (Lipinski definition) is 5. The Kier molecular flexibility index (Phi) is 6.85. The summed E-state index contributed by atoms with van der Waals surface area (Å²) in [6.45, 7) is 1.24. The molecule has 0 unspecified atom stereocenters. The van der Waals surface area contributed by atoms with Gasteiger partial charge in [-0.2, -0.15) is 0 Å². The second-order valence-electron chi connectivity index (χ2n) is 8.42. The van der Waals surface area contributed by atoms with E-state index in [0.717, 1.165) is 42.2 Å². The summed E-state index contributed by atoms with van der Waals surface area (Å²) in [7, 11) is 3.33. The van der Waals surface area contributed by atoms with Crippen molar-refractivity contribution in [3.63, 3.8) is 0 Å². The summed E-state index contributed by atoms with van der Waals surface area (Å²) in [6, 6.07) is 13.9. The van der Waals surface area contributed by atoms with Crippen molar-refractivity contribution in [3.8, 4) is 17.2 Å². The highest BCUT2D eigenvalue weighted by Crippen LogP contribution is 2.36. The lowest BCUT2D eigenvalue weighted by Crippen LogP contribution is -2.43. The zero-order chi connectivity index (χ0) is 21.6. The predicted molar refractivity (Wildman–Crippen MR) is 121 cm³/mol. The van der Waals surface area contributed by atoms with Gasteiger partial charge in [-0.15, -0.1) is 0 Å². The van der Waals surface area contributed by atoms with Crippen LogP contribution < -0.4 is 24.8 Å². The van der Waals surface area contributed by atoms with E-state index in [4.69, 9.17) is 14.2 Å².